The van der Waals surface area contributed by atoms with Crippen molar-refractivity contribution in [3.63, 3.8) is 0 Å². The predicted octanol–water partition coefficient (Wildman–Crippen LogP) is 5.94. The van der Waals surface area contributed by atoms with Crippen LogP contribution in [0.3, 0.4) is 0 Å². The number of methoxy groups -OCH3 is 1. The van der Waals surface area contributed by atoms with Gasteiger partial charge < -0.3 is 9.84 Å². The van der Waals surface area contributed by atoms with Gasteiger partial charge in [0.25, 0.3) is 11.7 Å². The summed E-state index contributed by atoms with van der Waals surface area (Å²) < 4.78 is 5.23. The monoisotopic (exact) mass is 467 g/mol. The Morgan fingerprint density at radius 3 is 2.44 bits per heavy atom. The van der Waals surface area contributed by atoms with E-state index in [1.54, 1.807) is 36.4 Å². The van der Waals surface area contributed by atoms with Crippen molar-refractivity contribution in [2.75, 3.05) is 12.0 Å². The third-order valence-electron chi connectivity index (χ3n) is 5.31. The molecule has 3 aromatic carbocycles. The number of aryl methyl sites for hydroxylation is 1. The number of amides is 1. The lowest BCUT2D eigenvalue weighted by molar-refractivity contribution is -0.132. The van der Waals surface area contributed by atoms with Crippen LogP contribution in [0.15, 0.2) is 72.3 Å². The van der Waals surface area contributed by atoms with E-state index in [0.717, 1.165) is 5.56 Å². The molecule has 0 spiro atoms. The molecule has 1 amide bonds. The highest BCUT2D eigenvalue weighted by Crippen LogP contribution is 2.43. The fourth-order valence-electron chi connectivity index (χ4n) is 3.84. The average molecular weight is 468 g/mol. The van der Waals surface area contributed by atoms with Gasteiger partial charge in [0.05, 0.1) is 23.7 Å². The van der Waals surface area contributed by atoms with Gasteiger partial charge in [0, 0.05) is 16.3 Å². The summed E-state index contributed by atoms with van der Waals surface area (Å²) in [5.74, 6) is -1.51. The quantitative estimate of drug-likeness (QED) is 0.293. The van der Waals surface area contributed by atoms with Gasteiger partial charge in [-0.15, -0.1) is 0 Å². The number of carbonyl (C=O) groups excluding carboxylic acids is 2. The summed E-state index contributed by atoms with van der Waals surface area (Å²) in [6.45, 7) is 1.92. The zero-order chi connectivity index (χ0) is 23.0. The molecule has 5 nitrogen and oxygen atoms in total. The lowest BCUT2D eigenvalue weighted by Gasteiger charge is -2.26. The molecule has 0 aromatic heterocycles. The van der Waals surface area contributed by atoms with Gasteiger partial charge in [-0.3, -0.25) is 14.5 Å². The Bertz CT molecular complexity index is 1270. The van der Waals surface area contributed by atoms with Crippen LogP contribution >= 0.6 is 23.2 Å². The van der Waals surface area contributed by atoms with Gasteiger partial charge in [-0.1, -0.05) is 59.1 Å². The van der Waals surface area contributed by atoms with Crippen molar-refractivity contribution in [3.8, 4) is 5.75 Å². The molecule has 0 bridgehead atoms. The van der Waals surface area contributed by atoms with Crippen molar-refractivity contribution >= 4 is 46.3 Å². The molecule has 1 N–H and O–H groups in total. The van der Waals surface area contributed by atoms with E-state index in [4.69, 9.17) is 27.9 Å². The van der Waals surface area contributed by atoms with Crippen molar-refractivity contribution in [1.29, 1.82) is 0 Å². The summed E-state index contributed by atoms with van der Waals surface area (Å²) in [6.07, 6.45) is 0. The number of anilines is 1. The molecule has 1 heterocycles. The van der Waals surface area contributed by atoms with Gasteiger partial charge in [0.1, 0.15) is 11.5 Å². The molecule has 32 heavy (non-hydrogen) atoms. The molecule has 1 saturated heterocycles. The van der Waals surface area contributed by atoms with Crippen molar-refractivity contribution in [2.24, 2.45) is 0 Å². The third-order valence-corrected chi connectivity index (χ3v) is 5.86. The predicted molar refractivity (Wildman–Crippen MR) is 125 cm³/mol. The highest BCUT2D eigenvalue weighted by atomic mass is 35.5. The van der Waals surface area contributed by atoms with E-state index in [9.17, 15) is 14.7 Å². The second kappa shape index (κ2) is 8.69. The van der Waals surface area contributed by atoms with E-state index in [0.29, 0.717) is 32.6 Å². The van der Waals surface area contributed by atoms with Gasteiger partial charge in [-0.2, -0.15) is 0 Å². The van der Waals surface area contributed by atoms with Crippen LogP contribution in [0.2, 0.25) is 10.0 Å². The fraction of sp³-hybridized carbons (Fsp3) is 0.120. The molecule has 0 aliphatic carbocycles. The SMILES string of the molecule is COc1cc(/C(O)=C2\C(=O)C(=O)N(c3cccc(Cl)c3)C2c2cccc(C)c2)ccc1Cl. The molecule has 0 radical (unpaired) electrons. The Hall–Kier alpha value is -3.28. The maximum Gasteiger partial charge on any atom is 0.300 e. The first-order valence-electron chi connectivity index (χ1n) is 9.79. The highest BCUT2D eigenvalue weighted by Gasteiger charge is 2.47. The lowest BCUT2D eigenvalue weighted by atomic mass is 9.94. The summed E-state index contributed by atoms with van der Waals surface area (Å²) in [5, 5.41) is 12.0. The number of hydrogen-bond acceptors (Lipinski definition) is 4. The first kappa shape index (κ1) is 21.9. The van der Waals surface area contributed by atoms with E-state index >= 15 is 0 Å². The van der Waals surface area contributed by atoms with Crippen LogP contribution < -0.4 is 9.64 Å². The Balaban J connectivity index is 1.97. The van der Waals surface area contributed by atoms with Gasteiger partial charge >= 0.3 is 0 Å². The number of hydrogen-bond donors (Lipinski definition) is 1. The zero-order valence-electron chi connectivity index (χ0n) is 17.3. The molecular formula is C25H19Cl2NO4. The number of benzene rings is 3. The van der Waals surface area contributed by atoms with Crippen LogP contribution in [0.4, 0.5) is 5.69 Å². The average Bonchev–Trinajstić information content (AvgIpc) is 3.04. The third kappa shape index (κ3) is 3.85. The number of rotatable bonds is 4. The fourth-order valence-corrected chi connectivity index (χ4v) is 4.22. The minimum absolute atomic E-state index is 0.0232. The molecule has 1 fully saturated rings. The van der Waals surface area contributed by atoms with E-state index in [1.165, 1.54) is 18.1 Å². The van der Waals surface area contributed by atoms with E-state index < -0.39 is 17.7 Å². The molecule has 1 aliphatic rings. The Morgan fingerprint density at radius 1 is 1.00 bits per heavy atom. The number of aliphatic hydroxyl groups is 1. The number of Topliss-reactive ketones (excluding diaryl/α,β-unsaturated/α-hetero) is 1. The largest absolute Gasteiger partial charge is 0.507 e. The van der Waals surface area contributed by atoms with Crippen molar-refractivity contribution < 1.29 is 19.4 Å². The second-order valence-corrected chi connectivity index (χ2v) is 8.26. The van der Waals surface area contributed by atoms with Crippen LogP contribution in [0.5, 0.6) is 5.75 Å². The Labute approximate surface area is 195 Å². The van der Waals surface area contributed by atoms with Crippen LogP contribution in [-0.4, -0.2) is 23.9 Å². The van der Waals surface area contributed by atoms with Crippen LogP contribution in [0, 0.1) is 6.92 Å². The van der Waals surface area contributed by atoms with Crippen LogP contribution in [-0.2, 0) is 9.59 Å². The highest BCUT2D eigenvalue weighted by molar-refractivity contribution is 6.51. The molecule has 162 valence electrons. The minimum atomic E-state index is -0.838. The first-order valence-corrected chi connectivity index (χ1v) is 10.5. The van der Waals surface area contributed by atoms with Crippen molar-refractivity contribution in [1.82, 2.24) is 0 Å². The molecule has 0 saturated carbocycles. The number of ketones is 1. The molecule has 1 unspecified atom stereocenters. The van der Waals surface area contributed by atoms with Crippen molar-refractivity contribution in [2.45, 2.75) is 13.0 Å². The topological polar surface area (TPSA) is 66.8 Å². The standard InChI is InChI=1S/C25H19Cl2NO4/c1-14-5-3-6-15(11-14)22-21(23(29)16-9-10-19(27)20(12-16)32-2)24(30)25(31)28(22)18-8-4-7-17(26)13-18/h3-13,22,29H,1-2H3/b23-21+. The van der Waals surface area contributed by atoms with Crippen LogP contribution in [0.1, 0.15) is 22.7 Å². The van der Waals surface area contributed by atoms with Crippen molar-refractivity contribution in [3.05, 3.63) is 99.0 Å². The van der Waals surface area contributed by atoms with Gasteiger partial charge in [0.15, 0.2) is 0 Å². The number of ether oxygens (including phenoxy) is 1. The summed E-state index contributed by atoms with van der Waals surface area (Å²) in [7, 11) is 1.45. The summed E-state index contributed by atoms with van der Waals surface area (Å²) in [5.41, 5.74) is 2.38. The maximum absolute atomic E-state index is 13.2. The maximum atomic E-state index is 13.2. The molecule has 1 atom stereocenters. The Morgan fingerprint density at radius 2 is 1.75 bits per heavy atom. The molecule has 4 rings (SSSR count). The second-order valence-electron chi connectivity index (χ2n) is 7.41. The summed E-state index contributed by atoms with van der Waals surface area (Å²) >= 11 is 12.3. The Kier molecular flexibility index (Phi) is 5.96. The van der Waals surface area contributed by atoms with Gasteiger partial charge in [-0.25, -0.2) is 0 Å². The zero-order valence-corrected chi connectivity index (χ0v) is 18.8. The summed E-state index contributed by atoms with van der Waals surface area (Å²) in [6, 6.07) is 18.0. The smallest absolute Gasteiger partial charge is 0.300 e. The van der Waals surface area contributed by atoms with Gasteiger partial charge in [-0.05, 0) is 48.9 Å². The number of aliphatic hydroxyl groups excluding tert-OH is 1. The normalized spacial score (nSPS) is 17.6. The summed E-state index contributed by atoms with van der Waals surface area (Å²) in [4.78, 5) is 27.7. The minimum Gasteiger partial charge on any atom is -0.507 e. The van der Waals surface area contributed by atoms with Crippen LogP contribution in [0.25, 0.3) is 5.76 Å². The first-order chi connectivity index (χ1) is 15.3. The number of carbonyl (C=O) groups is 2. The molecular weight excluding hydrogens is 449 g/mol. The van der Waals surface area contributed by atoms with Gasteiger partial charge in [0.2, 0.25) is 0 Å². The molecule has 3 aromatic rings. The molecule has 7 heteroatoms. The number of halogens is 2. The van der Waals surface area contributed by atoms with E-state index in [2.05, 4.69) is 0 Å². The molecule has 1 aliphatic heterocycles. The van der Waals surface area contributed by atoms with E-state index in [-0.39, 0.29) is 11.3 Å². The number of nitrogens with zero attached hydrogens (tertiary/aromatic N) is 1. The lowest BCUT2D eigenvalue weighted by Crippen LogP contribution is -2.29. The van der Waals surface area contributed by atoms with E-state index in [1.807, 2.05) is 31.2 Å².